The number of nitrogens with zero attached hydrogens (tertiary/aromatic N) is 1. The lowest BCUT2D eigenvalue weighted by atomic mass is 10.1. The van der Waals surface area contributed by atoms with E-state index in [2.05, 4.69) is 22.4 Å². The zero-order chi connectivity index (χ0) is 12.3. The molecule has 0 saturated heterocycles. The number of hydrogen-bond donors (Lipinski definition) is 2. The molecule has 1 aromatic carbocycles. The topological polar surface area (TPSA) is 43.7 Å². The first kappa shape index (κ1) is 12.4. The number of thiophene rings is 1. The summed E-state index contributed by atoms with van der Waals surface area (Å²) in [7, 11) is 1.96. The maximum Gasteiger partial charge on any atom is 0.0635 e. The van der Waals surface area contributed by atoms with Gasteiger partial charge in [0, 0.05) is 29.1 Å². The molecule has 1 unspecified atom stereocenters. The minimum atomic E-state index is -0.0296. The third-order valence-electron chi connectivity index (χ3n) is 3.06. The molecule has 17 heavy (non-hydrogen) atoms. The zero-order valence-corrected chi connectivity index (χ0v) is 10.7. The summed E-state index contributed by atoms with van der Waals surface area (Å²) in [5.41, 5.74) is 1.12. The van der Waals surface area contributed by atoms with E-state index in [1.807, 2.05) is 19.2 Å². The molecule has 0 aliphatic heterocycles. The lowest BCUT2D eigenvalue weighted by Gasteiger charge is -2.27. The molecule has 2 aromatic rings. The van der Waals surface area contributed by atoms with Gasteiger partial charge in [-0.3, -0.25) is 0 Å². The van der Waals surface area contributed by atoms with E-state index in [1.54, 1.807) is 11.3 Å². The van der Waals surface area contributed by atoms with E-state index in [4.69, 9.17) is 5.11 Å². The molecule has 1 heterocycles. The molecule has 0 aliphatic carbocycles. The summed E-state index contributed by atoms with van der Waals surface area (Å²) in [6.45, 7) is 0.152. The van der Waals surface area contributed by atoms with Crippen molar-refractivity contribution < 1.29 is 10.2 Å². The van der Waals surface area contributed by atoms with E-state index in [0.29, 0.717) is 6.42 Å². The summed E-state index contributed by atoms with van der Waals surface area (Å²) in [6.07, 6.45) is 0.581. The van der Waals surface area contributed by atoms with Gasteiger partial charge in [0.25, 0.3) is 0 Å². The fourth-order valence-corrected chi connectivity index (χ4v) is 2.98. The Labute approximate surface area is 105 Å². The second kappa shape index (κ2) is 5.49. The van der Waals surface area contributed by atoms with Crippen molar-refractivity contribution in [2.75, 3.05) is 25.2 Å². The predicted molar refractivity (Wildman–Crippen MR) is 72.8 cm³/mol. The Morgan fingerprint density at radius 1 is 1.29 bits per heavy atom. The number of anilines is 1. The van der Waals surface area contributed by atoms with Gasteiger partial charge in [-0.15, -0.1) is 11.3 Å². The molecule has 0 radical (unpaired) electrons. The molecule has 2 rings (SSSR count). The van der Waals surface area contributed by atoms with E-state index in [-0.39, 0.29) is 19.3 Å². The largest absolute Gasteiger partial charge is 0.396 e. The van der Waals surface area contributed by atoms with Gasteiger partial charge in [-0.25, -0.2) is 0 Å². The van der Waals surface area contributed by atoms with Crippen LogP contribution in [0.3, 0.4) is 0 Å². The van der Waals surface area contributed by atoms with Gasteiger partial charge in [-0.2, -0.15) is 0 Å². The second-order valence-electron chi connectivity index (χ2n) is 4.08. The fraction of sp³-hybridized carbons (Fsp3) is 0.385. The molecule has 0 fully saturated rings. The molecule has 0 spiro atoms. The average molecular weight is 251 g/mol. The maximum absolute atomic E-state index is 9.35. The number of likely N-dealkylation sites (N-methyl/N-ethyl adjacent to an activating group) is 1. The molecular weight excluding hydrogens is 234 g/mol. The van der Waals surface area contributed by atoms with Gasteiger partial charge in [0.15, 0.2) is 0 Å². The summed E-state index contributed by atoms with van der Waals surface area (Å²) >= 11 is 1.70. The van der Waals surface area contributed by atoms with Crippen LogP contribution in [-0.4, -0.2) is 36.5 Å². The quantitative estimate of drug-likeness (QED) is 0.855. The monoisotopic (exact) mass is 251 g/mol. The molecule has 1 aromatic heterocycles. The molecule has 3 nitrogen and oxygen atoms in total. The predicted octanol–water partition coefficient (Wildman–Crippen LogP) is 2.08. The van der Waals surface area contributed by atoms with Gasteiger partial charge in [-0.05, 0) is 12.5 Å². The van der Waals surface area contributed by atoms with Gasteiger partial charge in [-0.1, -0.05) is 18.2 Å². The zero-order valence-electron chi connectivity index (χ0n) is 9.84. The molecule has 0 amide bonds. The number of benzene rings is 1. The van der Waals surface area contributed by atoms with Crippen LogP contribution in [-0.2, 0) is 0 Å². The summed E-state index contributed by atoms with van der Waals surface area (Å²) in [4.78, 5) is 2.05. The SMILES string of the molecule is CN(c1csc2ccccc12)C(CO)CCO. The highest BCUT2D eigenvalue weighted by molar-refractivity contribution is 7.17. The van der Waals surface area contributed by atoms with Crippen LogP contribution in [0.1, 0.15) is 6.42 Å². The van der Waals surface area contributed by atoms with Crippen LogP contribution in [0.4, 0.5) is 5.69 Å². The van der Waals surface area contributed by atoms with Crippen molar-refractivity contribution in [1.29, 1.82) is 0 Å². The van der Waals surface area contributed by atoms with Gasteiger partial charge in [0.2, 0.25) is 0 Å². The maximum atomic E-state index is 9.35. The van der Waals surface area contributed by atoms with Crippen molar-refractivity contribution >= 4 is 27.1 Å². The van der Waals surface area contributed by atoms with Crippen molar-refractivity contribution in [2.45, 2.75) is 12.5 Å². The van der Waals surface area contributed by atoms with Crippen molar-refractivity contribution in [3.8, 4) is 0 Å². The molecule has 92 valence electrons. The van der Waals surface area contributed by atoms with Crippen LogP contribution < -0.4 is 4.90 Å². The van der Waals surface area contributed by atoms with E-state index in [9.17, 15) is 5.11 Å². The van der Waals surface area contributed by atoms with Gasteiger partial charge >= 0.3 is 0 Å². The number of rotatable bonds is 5. The lowest BCUT2D eigenvalue weighted by Crippen LogP contribution is -2.35. The summed E-state index contributed by atoms with van der Waals surface area (Å²) < 4.78 is 1.25. The Morgan fingerprint density at radius 2 is 2.06 bits per heavy atom. The standard InChI is InChI=1S/C13H17NO2S/c1-14(10(8-16)6-7-15)12-9-17-13-5-3-2-4-11(12)13/h2-5,9-10,15-16H,6-8H2,1H3. The summed E-state index contributed by atoms with van der Waals surface area (Å²) in [5, 5.41) is 21.6. The number of aliphatic hydroxyl groups excluding tert-OH is 2. The van der Waals surface area contributed by atoms with Crippen LogP contribution in [0.2, 0.25) is 0 Å². The number of fused-ring (bicyclic) bond motifs is 1. The molecule has 1 atom stereocenters. The summed E-state index contributed by atoms with van der Waals surface area (Å²) in [6, 6.07) is 8.20. The van der Waals surface area contributed by atoms with E-state index < -0.39 is 0 Å². The number of hydrogen-bond acceptors (Lipinski definition) is 4. The van der Waals surface area contributed by atoms with Crippen molar-refractivity contribution in [2.24, 2.45) is 0 Å². The third kappa shape index (κ3) is 2.44. The minimum Gasteiger partial charge on any atom is -0.396 e. The third-order valence-corrected chi connectivity index (χ3v) is 4.01. The van der Waals surface area contributed by atoms with E-state index >= 15 is 0 Å². The first-order valence-electron chi connectivity index (χ1n) is 5.68. The highest BCUT2D eigenvalue weighted by Gasteiger charge is 2.16. The summed E-state index contributed by atoms with van der Waals surface area (Å²) in [5.74, 6) is 0. The first-order chi connectivity index (χ1) is 8.27. The molecule has 0 bridgehead atoms. The van der Waals surface area contributed by atoms with Crippen LogP contribution in [0.25, 0.3) is 10.1 Å². The van der Waals surface area contributed by atoms with E-state index in [0.717, 1.165) is 5.69 Å². The fourth-order valence-electron chi connectivity index (χ4n) is 1.99. The molecule has 0 aliphatic rings. The Balaban J connectivity index is 2.32. The van der Waals surface area contributed by atoms with Gasteiger partial charge in [0.05, 0.1) is 18.3 Å². The number of aliphatic hydroxyl groups is 2. The highest BCUT2D eigenvalue weighted by atomic mass is 32.1. The Hall–Kier alpha value is -1.10. The minimum absolute atomic E-state index is 0.0296. The van der Waals surface area contributed by atoms with Crippen LogP contribution in [0.5, 0.6) is 0 Å². The Morgan fingerprint density at radius 3 is 2.76 bits per heavy atom. The smallest absolute Gasteiger partial charge is 0.0635 e. The average Bonchev–Trinajstić information content (AvgIpc) is 2.79. The van der Waals surface area contributed by atoms with Gasteiger partial charge in [0.1, 0.15) is 0 Å². The lowest BCUT2D eigenvalue weighted by molar-refractivity contribution is 0.218. The molecule has 4 heteroatoms. The highest BCUT2D eigenvalue weighted by Crippen LogP contribution is 2.33. The van der Waals surface area contributed by atoms with Crippen molar-refractivity contribution in [3.05, 3.63) is 29.6 Å². The molecule has 0 saturated carbocycles. The Kier molecular flexibility index (Phi) is 3.99. The second-order valence-corrected chi connectivity index (χ2v) is 4.99. The van der Waals surface area contributed by atoms with Crippen LogP contribution in [0, 0.1) is 0 Å². The Bertz CT molecular complexity index is 483. The first-order valence-corrected chi connectivity index (χ1v) is 6.56. The normalized spacial score (nSPS) is 12.9. The van der Waals surface area contributed by atoms with Crippen molar-refractivity contribution in [1.82, 2.24) is 0 Å². The van der Waals surface area contributed by atoms with Crippen LogP contribution in [0.15, 0.2) is 29.6 Å². The molecule has 2 N–H and O–H groups in total. The van der Waals surface area contributed by atoms with Crippen molar-refractivity contribution in [3.63, 3.8) is 0 Å². The molecular formula is C13H17NO2S. The van der Waals surface area contributed by atoms with E-state index in [1.165, 1.54) is 10.1 Å². The van der Waals surface area contributed by atoms with Gasteiger partial charge < -0.3 is 15.1 Å². The van der Waals surface area contributed by atoms with Crippen LogP contribution >= 0.6 is 11.3 Å².